The van der Waals surface area contributed by atoms with Gasteiger partial charge in [0.25, 0.3) is 0 Å². The molecule has 1 unspecified atom stereocenters. The smallest absolute Gasteiger partial charge is 0.0409 e. The fourth-order valence-electron chi connectivity index (χ4n) is 2.65. The van der Waals surface area contributed by atoms with Crippen molar-refractivity contribution in [3.63, 3.8) is 0 Å². The molecule has 17 heavy (non-hydrogen) atoms. The first-order valence-electron chi connectivity index (χ1n) is 6.31. The summed E-state index contributed by atoms with van der Waals surface area (Å²) in [6.45, 7) is 4.75. The molecule has 1 heterocycles. The SMILES string of the molecule is CCC(c1cccc(Cl)c1)N1CCCCC1.Cl. The van der Waals surface area contributed by atoms with Gasteiger partial charge in [0.1, 0.15) is 0 Å². The predicted octanol–water partition coefficient (Wildman–Crippen LogP) is 4.70. The average Bonchev–Trinajstić information content (AvgIpc) is 2.31. The summed E-state index contributed by atoms with van der Waals surface area (Å²) >= 11 is 6.07. The van der Waals surface area contributed by atoms with E-state index in [1.165, 1.54) is 44.3 Å². The average molecular weight is 274 g/mol. The number of likely N-dealkylation sites (tertiary alicyclic amines) is 1. The maximum absolute atomic E-state index is 6.07. The molecule has 0 N–H and O–H groups in total. The molecule has 1 aromatic carbocycles. The summed E-state index contributed by atoms with van der Waals surface area (Å²) in [7, 11) is 0. The Labute approximate surface area is 116 Å². The highest BCUT2D eigenvalue weighted by Crippen LogP contribution is 2.28. The van der Waals surface area contributed by atoms with Crippen LogP contribution in [0.15, 0.2) is 24.3 Å². The fraction of sp³-hybridized carbons (Fsp3) is 0.571. The third-order valence-corrected chi connectivity index (χ3v) is 3.69. The second-order valence-electron chi connectivity index (χ2n) is 4.58. The lowest BCUT2D eigenvalue weighted by atomic mass is 10.00. The molecule has 0 radical (unpaired) electrons. The lowest BCUT2D eigenvalue weighted by Crippen LogP contribution is -2.33. The Bertz CT molecular complexity index is 335. The van der Waals surface area contributed by atoms with Crippen molar-refractivity contribution in [3.8, 4) is 0 Å². The van der Waals surface area contributed by atoms with Gasteiger partial charge in [-0.05, 0) is 50.0 Å². The molecule has 1 saturated heterocycles. The Morgan fingerprint density at radius 3 is 2.53 bits per heavy atom. The van der Waals surface area contributed by atoms with Crippen LogP contribution in [0.5, 0.6) is 0 Å². The normalized spacial score (nSPS) is 18.5. The van der Waals surface area contributed by atoms with Gasteiger partial charge in [0.05, 0.1) is 0 Å². The molecule has 3 heteroatoms. The van der Waals surface area contributed by atoms with Crippen LogP contribution < -0.4 is 0 Å². The molecule has 0 saturated carbocycles. The lowest BCUT2D eigenvalue weighted by Gasteiger charge is -2.34. The number of piperidine rings is 1. The Morgan fingerprint density at radius 1 is 1.24 bits per heavy atom. The number of hydrogen-bond donors (Lipinski definition) is 0. The predicted molar refractivity (Wildman–Crippen MR) is 77.2 cm³/mol. The first-order valence-corrected chi connectivity index (χ1v) is 6.68. The van der Waals surface area contributed by atoms with Crippen LogP contribution in [0.1, 0.15) is 44.2 Å². The van der Waals surface area contributed by atoms with E-state index < -0.39 is 0 Å². The molecule has 2 rings (SSSR count). The summed E-state index contributed by atoms with van der Waals surface area (Å²) < 4.78 is 0. The van der Waals surface area contributed by atoms with E-state index >= 15 is 0 Å². The van der Waals surface area contributed by atoms with Crippen molar-refractivity contribution in [3.05, 3.63) is 34.9 Å². The second kappa shape index (κ2) is 7.25. The summed E-state index contributed by atoms with van der Waals surface area (Å²) in [6.07, 6.45) is 5.25. The Balaban J connectivity index is 0.00000144. The lowest BCUT2D eigenvalue weighted by molar-refractivity contribution is 0.159. The fourth-order valence-corrected chi connectivity index (χ4v) is 2.85. The maximum atomic E-state index is 6.07. The molecular formula is C14H21Cl2N. The van der Waals surface area contributed by atoms with E-state index in [9.17, 15) is 0 Å². The molecule has 1 atom stereocenters. The van der Waals surface area contributed by atoms with E-state index in [0.29, 0.717) is 6.04 Å². The van der Waals surface area contributed by atoms with Crippen LogP contribution in [0.4, 0.5) is 0 Å². The number of benzene rings is 1. The van der Waals surface area contributed by atoms with Crippen molar-refractivity contribution in [1.29, 1.82) is 0 Å². The molecular weight excluding hydrogens is 253 g/mol. The van der Waals surface area contributed by atoms with Gasteiger partial charge in [-0.3, -0.25) is 4.90 Å². The molecule has 1 nitrogen and oxygen atoms in total. The van der Waals surface area contributed by atoms with Gasteiger partial charge in [-0.25, -0.2) is 0 Å². The topological polar surface area (TPSA) is 3.24 Å². The number of nitrogens with zero attached hydrogens (tertiary/aromatic N) is 1. The standard InChI is InChI=1S/C14H20ClN.ClH/c1-2-14(16-9-4-3-5-10-16)12-7-6-8-13(15)11-12;/h6-8,11,14H,2-5,9-10H2,1H3;1H. The van der Waals surface area contributed by atoms with Gasteiger partial charge in [-0.15, -0.1) is 12.4 Å². The quantitative estimate of drug-likeness (QED) is 0.772. The van der Waals surface area contributed by atoms with Crippen molar-refractivity contribution in [2.24, 2.45) is 0 Å². The Morgan fingerprint density at radius 2 is 1.94 bits per heavy atom. The third kappa shape index (κ3) is 3.87. The van der Waals surface area contributed by atoms with Gasteiger partial charge in [0.2, 0.25) is 0 Å². The maximum Gasteiger partial charge on any atom is 0.0409 e. The molecule has 1 aliphatic heterocycles. The van der Waals surface area contributed by atoms with E-state index in [-0.39, 0.29) is 12.4 Å². The first-order chi connectivity index (χ1) is 7.81. The van der Waals surface area contributed by atoms with Crippen LogP contribution >= 0.6 is 24.0 Å². The van der Waals surface area contributed by atoms with Gasteiger partial charge < -0.3 is 0 Å². The molecule has 0 spiro atoms. The van der Waals surface area contributed by atoms with Crippen molar-refractivity contribution in [2.45, 2.75) is 38.6 Å². The summed E-state index contributed by atoms with van der Waals surface area (Å²) in [5, 5.41) is 0.855. The molecule has 96 valence electrons. The van der Waals surface area contributed by atoms with Crippen molar-refractivity contribution < 1.29 is 0 Å². The van der Waals surface area contributed by atoms with Crippen LogP contribution in [0.3, 0.4) is 0 Å². The molecule has 1 aliphatic rings. The highest BCUT2D eigenvalue weighted by molar-refractivity contribution is 6.30. The number of halogens is 2. The first kappa shape index (κ1) is 14.8. The van der Waals surface area contributed by atoms with Gasteiger partial charge in [-0.1, -0.05) is 37.1 Å². The minimum atomic E-state index is 0. The van der Waals surface area contributed by atoms with Gasteiger partial charge in [0, 0.05) is 11.1 Å². The monoisotopic (exact) mass is 273 g/mol. The van der Waals surface area contributed by atoms with E-state index in [0.717, 1.165) is 5.02 Å². The van der Waals surface area contributed by atoms with E-state index in [2.05, 4.69) is 30.0 Å². The van der Waals surface area contributed by atoms with Crippen molar-refractivity contribution in [1.82, 2.24) is 4.90 Å². The summed E-state index contributed by atoms with van der Waals surface area (Å²) in [5.74, 6) is 0. The Hall–Kier alpha value is -0.240. The zero-order valence-electron chi connectivity index (χ0n) is 10.4. The second-order valence-corrected chi connectivity index (χ2v) is 5.01. The molecule has 0 amide bonds. The van der Waals surface area contributed by atoms with E-state index in [1.54, 1.807) is 0 Å². The molecule has 0 bridgehead atoms. The third-order valence-electron chi connectivity index (χ3n) is 3.45. The van der Waals surface area contributed by atoms with Crippen LogP contribution in [0.2, 0.25) is 5.02 Å². The van der Waals surface area contributed by atoms with E-state index in [4.69, 9.17) is 11.6 Å². The van der Waals surface area contributed by atoms with Gasteiger partial charge in [0.15, 0.2) is 0 Å². The highest BCUT2D eigenvalue weighted by atomic mass is 35.5. The minimum Gasteiger partial charge on any atom is -0.296 e. The van der Waals surface area contributed by atoms with Crippen LogP contribution in [0, 0.1) is 0 Å². The number of rotatable bonds is 3. The molecule has 0 aromatic heterocycles. The van der Waals surface area contributed by atoms with Crippen LogP contribution in [0.25, 0.3) is 0 Å². The molecule has 1 aromatic rings. The van der Waals surface area contributed by atoms with Crippen LogP contribution in [-0.4, -0.2) is 18.0 Å². The minimum absolute atomic E-state index is 0. The van der Waals surface area contributed by atoms with E-state index in [1.807, 2.05) is 6.07 Å². The Kier molecular flexibility index (Phi) is 6.32. The number of hydrogen-bond acceptors (Lipinski definition) is 1. The summed E-state index contributed by atoms with van der Waals surface area (Å²) in [4.78, 5) is 2.61. The molecule has 0 aliphatic carbocycles. The van der Waals surface area contributed by atoms with Crippen molar-refractivity contribution in [2.75, 3.05) is 13.1 Å². The largest absolute Gasteiger partial charge is 0.296 e. The zero-order valence-corrected chi connectivity index (χ0v) is 11.9. The summed E-state index contributed by atoms with van der Waals surface area (Å²) in [6, 6.07) is 8.89. The highest BCUT2D eigenvalue weighted by Gasteiger charge is 2.20. The van der Waals surface area contributed by atoms with Gasteiger partial charge >= 0.3 is 0 Å². The zero-order chi connectivity index (χ0) is 11.4. The molecule has 1 fully saturated rings. The van der Waals surface area contributed by atoms with Crippen molar-refractivity contribution >= 4 is 24.0 Å². The summed E-state index contributed by atoms with van der Waals surface area (Å²) in [5.41, 5.74) is 1.37. The van der Waals surface area contributed by atoms with Crippen LogP contribution in [-0.2, 0) is 0 Å². The van der Waals surface area contributed by atoms with Gasteiger partial charge in [-0.2, -0.15) is 0 Å².